The van der Waals surface area contributed by atoms with E-state index in [1.165, 1.54) is 12.7 Å². The Morgan fingerprint density at radius 3 is 2.39 bits per heavy atom. The summed E-state index contributed by atoms with van der Waals surface area (Å²) in [4.78, 5) is 11.9. The molecule has 1 atom stereocenters. The number of phenols is 1. The van der Waals surface area contributed by atoms with Crippen molar-refractivity contribution in [3.8, 4) is 5.75 Å². The zero-order valence-electron chi connectivity index (χ0n) is 13.8. The molecule has 0 radical (unpaired) electrons. The first kappa shape index (κ1) is 17.4. The molecule has 3 nitrogen and oxygen atoms in total. The van der Waals surface area contributed by atoms with Crippen LogP contribution in [0.2, 0.25) is 0 Å². The van der Waals surface area contributed by atoms with Crippen molar-refractivity contribution in [3.63, 3.8) is 0 Å². The summed E-state index contributed by atoms with van der Waals surface area (Å²) >= 11 is 6.56. The highest BCUT2D eigenvalue weighted by Crippen LogP contribution is 2.33. The molecule has 122 valence electrons. The summed E-state index contributed by atoms with van der Waals surface area (Å²) < 4.78 is 4.76. The molecule has 0 bridgehead atoms. The molecular weight excluding hydrogens is 312 g/mol. The lowest BCUT2D eigenvalue weighted by atomic mass is 9.92. The van der Waals surface area contributed by atoms with E-state index in [-0.39, 0.29) is 16.7 Å². The topological polar surface area (TPSA) is 46.5 Å². The zero-order valence-corrected chi connectivity index (χ0v) is 14.6. The smallest absolute Gasteiger partial charge is 0.341 e. The van der Waals surface area contributed by atoms with E-state index < -0.39 is 5.97 Å². The highest BCUT2D eigenvalue weighted by atomic mass is 35.5. The van der Waals surface area contributed by atoms with Gasteiger partial charge in [-0.05, 0) is 55.5 Å². The van der Waals surface area contributed by atoms with Crippen molar-refractivity contribution >= 4 is 17.6 Å². The Kier molecular flexibility index (Phi) is 5.32. The van der Waals surface area contributed by atoms with Crippen molar-refractivity contribution in [1.29, 1.82) is 0 Å². The molecule has 4 heteroatoms. The molecule has 0 aromatic heterocycles. The Hall–Kier alpha value is -2.00. The number of benzene rings is 2. The number of hydrogen-bond acceptors (Lipinski definition) is 3. The van der Waals surface area contributed by atoms with E-state index >= 15 is 0 Å². The molecule has 2 aromatic rings. The molecule has 1 N–H and O–H groups in total. The van der Waals surface area contributed by atoms with Gasteiger partial charge in [-0.15, -0.1) is 11.6 Å². The molecule has 1 unspecified atom stereocenters. The first-order valence-corrected chi connectivity index (χ1v) is 7.89. The second-order valence-electron chi connectivity index (χ2n) is 5.77. The lowest BCUT2D eigenvalue weighted by Crippen LogP contribution is -2.09. The van der Waals surface area contributed by atoms with E-state index in [1.807, 2.05) is 45.0 Å². The molecule has 0 amide bonds. The van der Waals surface area contributed by atoms with Gasteiger partial charge in [0.15, 0.2) is 0 Å². The molecule has 23 heavy (non-hydrogen) atoms. The van der Waals surface area contributed by atoms with Gasteiger partial charge in [0.25, 0.3) is 0 Å². The van der Waals surface area contributed by atoms with Crippen LogP contribution >= 0.6 is 11.6 Å². The Morgan fingerprint density at radius 2 is 1.83 bits per heavy atom. The van der Waals surface area contributed by atoms with Crippen LogP contribution in [0.15, 0.2) is 30.3 Å². The predicted molar refractivity (Wildman–Crippen MR) is 92.4 cm³/mol. The Morgan fingerprint density at radius 1 is 1.22 bits per heavy atom. The van der Waals surface area contributed by atoms with Crippen LogP contribution in [0.4, 0.5) is 0 Å². The second-order valence-corrected chi connectivity index (χ2v) is 6.29. The molecule has 0 aliphatic heterocycles. The monoisotopic (exact) mass is 332 g/mol. The molecular formula is C19H21ClO3. The van der Waals surface area contributed by atoms with Gasteiger partial charge in [0.2, 0.25) is 0 Å². The van der Waals surface area contributed by atoms with Gasteiger partial charge < -0.3 is 9.84 Å². The lowest BCUT2D eigenvalue weighted by Gasteiger charge is -2.18. The first-order chi connectivity index (χ1) is 10.8. The molecule has 0 saturated carbocycles. The largest absolute Gasteiger partial charge is 0.507 e. The number of hydrogen-bond donors (Lipinski definition) is 1. The standard InChI is InChI=1S/C19H21ClO3/c1-11-5-7-14(8-6-11)16(20)10-15-12(2)9-17(21)18(13(15)3)19(22)23-4/h5-9,16,21H,10H2,1-4H3. The number of phenolic OH excluding ortho intramolecular Hbond substituents is 1. The molecule has 0 fully saturated rings. The minimum absolute atomic E-state index is 0.0583. The summed E-state index contributed by atoms with van der Waals surface area (Å²) in [5, 5.41) is 9.84. The maximum absolute atomic E-state index is 11.9. The van der Waals surface area contributed by atoms with Crippen molar-refractivity contribution < 1.29 is 14.6 Å². The van der Waals surface area contributed by atoms with Crippen LogP contribution in [0.1, 0.15) is 43.6 Å². The van der Waals surface area contributed by atoms with Crippen molar-refractivity contribution in [1.82, 2.24) is 0 Å². The van der Waals surface area contributed by atoms with E-state index in [2.05, 4.69) is 0 Å². The predicted octanol–water partition coefficient (Wildman–Crippen LogP) is 4.63. The molecule has 0 spiro atoms. The molecule has 0 heterocycles. The fraction of sp³-hybridized carbons (Fsp3) is 0.316. The third kappa shape index (κ3) is 3.67. The SMILES string of the molecule is COC(=O)c1c(O)cc(C)c(CC(Cl)c2ccc(C)cc2)c1C. The highest BCUT2D eigenvalue weighted by molar-refractivity contribution is 6.21. The molecule has 0 aliphatic rings. The second kappa shape index (κ2) is 7.05. The number of esters is 1. The maximum atomic E-state index is 11.9. The molecule has 0 aliphatic carbocycles. The summed E-state index contributed by atoms with van der Waals surface area (Å²) in [5.41, 5.74) is 5.01. The maximum Gasteiger partial charge on any atom is 0.341 e. The average molecular weight is 333 g/mol. The highest BCUT2D eigenvalue weighted by Gasteiger charge is 2.21. The average Bonchev–Trinajstić information content (AvgIpc) is 2.51. The van der Waals surface area contributed by atoms with E-state index in [4.69, 9.17) is 16.3 Å². The summed E-state index contributed by atoms with van der Waals surface area (Å²) in [6.07, 6.45) is 0.576. The van der Waals surface area contributed by atoms with E-state index in [0.717, 1.165) is 16.7 Å². The number of aryl methyl sites for hydroxylation is 2. The summed E-state index contributed by atoms with van der Waals surface area (Å²) in [7, 11) is 1.30. The number of aromatic hydroxyl groups is 1. The number of rotatable bonds is 4. The van der Waals surface area contributed by atoms with Gasteiger partial charge in [-0.3, -0.25) is 0 Å². The number of halogens is 1. The number of carbonyl (C=O) groups excluding carboxylic acids is 1. The van der Waals surface area contributed by atoms with Crippen LogP contribution in [0.3, 0.4) is 0 Å². The van der Waals surface area contributed by atoms with Crippen LogP contribution in [0.25, 0.3) is 0 Å². The number of alkyl halides is 1. The van der Waals surface area contributed by atoms with Gasteiger partial charge in [-0.2, -0.15) is 0 Å². The minimum atomic E-state index is -0.539. The zero-order chi connectivity index (χ0) is 17.1. The quantitative estimate of drug-likeness (QED) is 0.656. The number of carbonyl (C=O) groups is 1. The van der Waals surface area contributed by atoms with Crippen LogP contribution in [-0.2, 0) is 11.2 Å². The summed E-state index contributed by atoms with van der Waals surface area (Å²) in [6, 6.07) is 9.67. The van der Waals surface area contributed by atoms with Gasteiger partial charge in [0, 0.05) is 0 Å². The van der Waals surface area contributed by atoms with Gasteiger partial charge >= 0.3 is 5.97 Å². The van der Waals surface area contributed by atoms with Crippen LogP contribution < -0.4 is 0 Å². The number of ether oxygens (including phenoxy) is 1. The van der Waals surface area contributed by atoms with E-state index in [1.54, 1.807) is 6.07 Å². The van der Waals surface area contributed by atoms with Crippen molar-refractivity contribution in [2.45, 2.75) is 32.6 Å². The summed E-state index contributed by atoms with van der Waals surface area (Å²) in [6.45, 7) is 5.75. The van der Waals surface area contributed by atoms with Crippen molar-refractivity contribution in [3.05, 3.63) is 63.7 Å². The first-order valence-electron chi connectivity index (χ1n) is 7.46. The fourth-order valence-corrected chi connectivity index (χ4v) is 3.05. The van der Waals surface area contributed by atoms with E-state index in [9.17, 15) is 9.90 Å². The fourth-order valence-electron chi connectivity index (χ4n) is 2.75. The number of methoxy groups -OCH3 is 1. The van der Waals surface area contributed by atoms with Crippen molar-refractivity contribution in [2.24, 2.45) is 0 Å². The van der Waals surface area contributed by atoms with Gasteiger partial charge in [-0.1, -0.05) is 29.8 Å². The molecule has 2 aromatic carbocycles. The van der Waals surface area contributed by atoms with E-state index in [0.29, 0.717) is 12.0 Å². The minimum Gasteiger partial charge on any atom is -0.507 e. The molecule has 0 saturated heterocycles. The normalized spacial score (nSPS) is 12.0. The summed E-state index contributed by atoms with van der Waals surface area (Å²) in [5.74, 6) is -0.597. The Bertz CT molecular complexity index is 720. The Labute approximate surface area is 141 Å². The van der Waals surface area contributed by atoms with Crippen LogP contribution in [0, 0.1) is 20.8 Å². The van der Waals surface area contributed by atoms with Gasteiger partial charge in [0.05, 0.1) is 12.5 Å². The van der Waals surface area contributed by atoms with Crippen LogP contribution in [0.5, 0.6) is 5.75 Å². The lowest BCUT2D eigenvalue weighted by molar-refractivity contribution is 0.0596. The van der Waals surface area contributed by atoms with Gasteiger partial charge in [-0.25, -0.2) is 4.79 Å². The molecule has 2 rings (SSSR count). The van der Waals surface area contributed by atoms with Gasteiger partial charge in [0.1, 0.15) is 11.3 Å². The van der Waals surface area contributed by atoms with Crippen molar-refractivity contribution in [2.75, 3.05) is 7.11 Å². The Balaban J connectivity index is 2.39. The third-order valence-corrected chi connectivity index (χ3v) is 4.53. The van der Waals surface area contributed by atoms with Crippen LogP contribution in [-0.4, -0.2) is 18.2 Å². The third-order valence-electron chi connectivity index (χ3n) is 4.12.